The highest BCUT2D eigenvalue weighted by Crippen LogP contribution is 2.24. The third-order valence-corrected chi connectivity index (χ3v) is 1.80. The average molecular weight is 205 g/mol. The van der Waals surface area contributed by atoms with E-state index in [9.17, 15) is 13.6 Å². The Morgan fingerprint density at radius 3 is 2.46 bits per heavy atom. The molecular weight excluding hydrogens is 198 g/mol. The second-order valence-corrected chi connectivity index (χ2v) is 3.07. The van der Waals surface area contributed by atoms with Gasteiger partial charge in [-0.25, -0.2) is 8.78 Å². The topological polar surface area (TPSA) is 17.1 Å². The number of hydrogen-bond donors (Lipinski definition) is 0. The average Bonchev–Trinajstić information content (AvgIpc) is 2.03. The van der Waals surface area contributed by atoms with Crippen LogP contribution in [-0.4, -0.2) is 5.78 Å². The van der Waals surface area contributed by atoms with Crippen LogP contribution < -0.4 is 0 Å². The largest absolute Gasteiger partial charge is 0.295 e. The fraction of sp³-hybridized carbons (Fsp3) is 0.222. The lowest BCUT2D eigenvalue weighted by atomic mass is 10.1. The molecule has 0 saturated carbocycles. The molecule has 13 heavy (non-hydrogen) atoms. The molecular formula is C9H7ClF2O. The number of carbonyl (C=O) groups excluding carboxylic acids is 1. The second kappa shape index (κ2) is 3.83. The zero-order valence-corrected chi connectivity index (χ0v) is 7.61. The zero-order chi connectivity index (χ0) is 10.0. The van der Waals surface area contributed by atoms with E-state index >= 15 is 0 Å². The van der Waals surface area contributed by atoms with E-state index in [1.54, 1.807) is 0 Å². The van der Waals surface area contributed by atoms with Gasteiger partial charge < -0.3 is 0 Å². The van der Waals surface area contributed by atoms with E-state index < -0.39 is 6.43 Å². The molecule has 0 saturated heterocycles. The summed E-state index contributed by atoms with van der Waals surface area (Å²) < 4.78 is 24.4. The summed E-state index contributed by atoms with van der Waals surface area (Å²) >= 11 is 5.55. The lowest BCUT2D eigenvalue weighted by Gasteiger charge is -2.02. The summed E-state index contributed by atoms with van der Waals surface area (Å²) in [6.45, 7) is 1.31. The fourth-order valence-electron chi connectivity index (χ4n) is 0.942. The molecule has 1 rings (SSSR count). The van der Waals surface area contributed by atoms with E-state index in [1.807, 2.05) is 0 Å². The normalized spacial score (nSPS) is 10.5. The minimum absolute atomic E-state index is 0.156. The summed E-state index contributed by atoms with van der Waals surface area (Å²) in [6, 6.07) is 3.67. The molecule has 1 aromatic carbocycles. The van der Waals surface area contributed by atoms with Gasteiger partial charge >= 0.3 is 0 Å². The third-order valence-electron chi connectivity index (χ3n) is 1.58. The predicted octanol–water partition coefficient (Wildman–Crippen LogP) is 3.48. The van der Waals surface area contributed by atoms with Gasteiger partial charge in [0.25, 0.3) is 6.43 Å². The number of halogens is 3. The van der Waals surface area contributed by atoms with Crippen LogP contribution in [0.3, 0.4) is 0 Å². The Morgan fingerprint density at radius 1 is 1.38 bits per heavy atom. The van der Waals surface area contributed by atoms with Crippen molar-refractivity contribution >= 4 is 17.4 Å². The molecule has 0 amide bonds. The van der Waals surface area contributed by atoms with Gasteiger partial charge in [-0.1, -0.05) is 11.6 Å². The molecule has 70 valence electrons. The first-order valence-corrected chi connectivity index (χ1v) is 3.98. The number of hydrogen-bond acceptors (Lipinski definition) is 1. The number of rotatable bonds is 2. The van der Waals surface area contributed by atoms with E-state index in [1.165, 1.54) is 13.0 Å². The predicted molar refractivity (Wildman–Crippen MR) is 46.4 cm³/mol. The molecule has 0 spiro atoms. The van der Waals surface area contributed by atoms with Crippen LogP contribution >= 0.6 is 11.6 Å². The van der Waals surface area contributed by atoms with Crippen LogP contribution in [0.25, 0.3) is 0 Å². The van der Waals surface area contributed by atoms with E-state index in [-0.39, 0.29) is 21.9 Å². The van der Waals surface area contributed by atoms with Crippen molar-refractivity contribution in [1.29, 1.82) is 0 Å². The van der Waals surface area contributed by atoms with E-state index in [2.05, 4.69) is 0 Å². The van der Waals surface area contributed by atoms with E-state index in [0.29, 0.717) is 0 Å². The summed E-state index contributed by atoms with van der Waals surface area (Å²) in [5, 5.41) is 0.156. The van der Waals surface area contributed by atoms with Gasteiger partial charge in [-0.2, -0.15) is 0 Å². The lowest BCUT2D eigenvalue weighted by Crippen LogP contribution is -1.94. The van der Waals surface area contributed by atoms with E-state index in [0.717, 1.165) is 12.1 Å². The van der Waals surface area contributed by atoms with Gasteiger partial charge in [0.15, 0.2) is 5.78 Å². The quantitative estimate of drug-likeness (QED) is 0.674. The molecule has 0 aliphatic rings. The Labute approximate surface area is 79.3 Å². The second-order valence-electron chi connectivity index (χ2n) is 2.63. The van der Waals surface area contributed by atoms with Gasteiger partial charge in [0.1, 0.15) is 0 Å². The minimum Gasteiger partial charge on any atom is -0.295 e. The summed E-state index contributed by atoms with van der Waals surface area (Å²) in [5.41, 5.74) is -0.0134. The minimum atomic E-state index is -2.60. The number of Topliss-reactive ketones (excluding diaryl/α,β-unsaturated/α-hetero) is 1. The van der Waals surface area contributed by atoms with Gasteiger partial charge in [0.05, 0.1) is 0 Å². The summed E-state index contributed by atoms with van der Waals surface area (Å²) in [5.74, 6) is -0.274. The maximum absolute atomic E-state index is 12.2. The molecule has 0 unspecified atom stereocenters. The Hall–Kier alpha value is -0.960. The SMILES string of the molecule is CC(=O)c1cc(Cl)cc(C(F)F)c1. The Morgan fingerprint density at radius 2 is 2.00 bits per heavy atom. The molecule has 0 bridgehead atoms. The van der Waals surface area contributed by atoms with Crippen LogP contribution in [-0.2, 0) is 0 Å². The Balaban J connectivity index is 3.19. The van der Waals surface area contributed by atoms with Crippen molar-refractivity contribution in [1.82, 2.24) is 0 Å². The van der Waals surface area contributed by atoms with Crippen LogP contribution in [0.15, 0.2) is 18.2 Å². The van der Waals surface area contributed by atoms with Gasteiger partial charge in [0.2, 0.25) is 0 Å². The van der Waals surface area contributed by atoms with Crippen molar-refractivity contribution < 1.29 is 13.6 Å². The molecule has 0 aromatic heterocycles. The van der Waals surface area contributed by atoms with Crippen molar-refractivity contribution in [2.24, 2.45) is 0 Å². The summed E-state index contributed by atoms with van der Waals surface area (Å²) in [6.07, 6.45) is -2.60. The van der Waals surface area contributed by atoms with Gasteiger partial charge in [-0.3, -0.25) is 4.79 Å². The molecule has 4 heteroatoms. The molecule has 1 aromatic rings. The number of alkyl halides is 2. The molecule has 0 aliphatic heterocycles. The molecule has 0 atom stereocenters. The number of carbonyl (C=O) groups is 1. The lowest BCUT2D eigenvalue weighted by molar-refractivity contribution is 0.101. The van der Waals surface area contributed by atoms with Crippen molar-refractivity contribution in [3.05, 3.63) is 34.3 Å². The molecule has 0 heterocycles. The van der Waals surface area contributed by atoms with Crippen LogP contribution in [0.1, 0.15) is 29.3 Å². The highest BCUT2D eigenvalue weighted by atomic mass is 35.5. The van der Waals surface area contributed by atoms with Crippen molar-refractivity contribution in [2.75, 3.05) is 0 Å². The van der Waals surface area contributed by atoms with Gasteiger partial charge in [0, 0.05) is 16.1 Å². The van der Waals surface area contributed by atoms with Crippen molar-refractivity contribution in [3.8, 4) is 0 Å². The molecule has 0 fully saturated rings. The van der Waals surface area contributed by atoms with Crippen LogP contribution in [0.4, 0.5) is 8.78 Å². The maximum Gasteiger partial charge on any atom is 0.263 e. The third kappa shape index (κ3) is 2.49. The van der Waals surface area contributed by atoms with Crippen LogP contribution in [0.2, 0.25) is 5.02 Å². The first kappa shape index (κ1) is 10.1. The standard InChI is InChI=1S/C9H7ClF2O/c1-5(13)6-2-7(9(11)12)4-8(10)3-6/h2-4,9H,1H3. The molecule has 0 aliphatic carbocycles. The van der Waals surface area contributed by atoms with Gasteiger partial charge in [-0.15, -0.1) is 0 Å². The van der Waals surface area contributed by atoms with Gasteiger partial charge in [-0.05, 0) is 25.1 Å². The Bertz CT molecular complexity index is 336. The first-order chi connectivity index (χ1) is 6.00. The Kier molecular flexibility index (Phi) is 2.98. The first-order valence-electron chi connectivity index (χ1n) is 3.60. The monoisotopic (exact) mass is 204 g/mol. The zero-order valence-electron chi connectivity index (χ0n) is 6.85. The summed E-state index contributed by atoms with van der Waals surface area (Å²) in [4.78, 5) is 10.9. The fourth-order valence-corrected chi connectivity index (χ4v) is 1.19. The smallest absolute Gasteiger partial charge is 0.263 e. The highest BCUT2D eigenvalue weighted by Gasteiger charge is 2.10. The number of ketones is 1. The summed E-state index contributed by atoms with van der Waals surface area (Å²) in [7, 11) is 0. The maximum atomic E-state index is 12.2. The van der Waals surface area contributed by atoms with Crippen molar-refractivity contribution in [3.63, 3.8) is 0 Å². The molecule has 0 radical (unpaired) electrons. The van der Waals surface area contributed by atoms with Crippen LogP contribution in [0.5, 0.6) is 0 Å². The van der Waals surface area contributed by atoms with Crippen molar-refractivity contribution in [2.45, 2.75) is 13.3 Å². The molecule has 1 nitrogen and oxygen atoms in total. The highest BCUT2D eigenvalue weighted by molar-refractivity contribution is 6.31. The molecule has 0 N–H and O–H groups in total. The number of benzene rings is 1. The van der Waals surface area contributed by atoms with Crippen LogP contribution in [0, 0.1) is 0 Å². The van der Waals surface area contributed by atoms with E-state index in [4.69, 9.17) is 11.6 Å².